The quantitative estimate of drug-likeness (QED) is 0.906. The molecule has 5 heteroatoms. The van der Waals surface area contributed by atoms with Crippen LogP contribution in [0.15, 0.2) is 6.33 Å². The van der Waals surface area contributed by atoms with E-state index >= 15 is 0 Å². The van der Waals surface area contributed by atoms with Gasteiger partial charge in [0.2, 0.25) is 5.88 Å². The molecule has 1 aliphatic rings. The third-order valence-corrected chi connectivity index (χ3v) is 3.43. The van der Waals surface area contributed by atoms with Crippen molar-refractivity contribution in [3.8, 4) is 5.88 Å². The molecule has 0 aromatic carbocycles. The molecular formula is C14H23N3O2. The number of aromatic nitrogens is 2. The van der Waals surface area contributed by atoms with Crippen LogP contribution in [0, 0.1) is 0 Å². The van der Waals surface area contributed by atoms with Gasteiger partial charge in [0, 0.05) is 19.9 Å². The zero-order valence-electron chi connectivity index (χ0n) is 12.1. The van der Waals surface area contributed by atoms with Gasteiger partial charge in [0.1, 0.15) is 18.2 Å². The lowest BCUT2D eigenvalue weighted by atomic mass is 10.0. The predicted molar refractivity (Wildman–Crippen MR) is 74.6 cm³/mol. The van der Waals surface area contributed by atoms with Gasteiger partial charge in [0.15, 0.2) is 0 Å². The minimum atomic E-state index is 0.170. The lowest BCUT2D eigenvalue weighted by molar-refractivity contribution is -0.0731. The van der Waals surface area contributed by atoms with Gasteiger partial charge in [-0.2, -0.15) is 0 Å². The normalized spacial score (nSPS) is 27.1. The smallest absolute Gasteiger partial charge is 0.222 e. The molecule has 1 saturated heterocycles. The summed E-state index contributed by atoms with van der Waals surface area (Å²) in [6.07, 6.45) is 4.86. The summed E-state index contributed by atoms with van der Waals surface area (Å²) in [6.45, 7) is 6.26. The Kier molecular flexibility index (Phi) is 4.58. The van der Waals surface area contributed by atoms with Gasteiger partial charge in [-0.05, 0) is 20.3 Å². The van der Waals surface area contributed by atoms with Crippen LogP contribution in [0.25, 0.3) is 0 Å². The van der Waals surface area contributed by atoms with Crippen LogP contribution in [0.1, 0.15) is 39.2 Å². The minimum Gasteiger partial charge on any atom is -0.474 e. The van der Waals surface area contributed by atoms with Gasteiger partial charge in [-0.1, -0.05) is 6.92 Å². The molecule has 0 radical (unpaired) electrons. The molecule has 0 aliphatic carbocycles. The Balaban J connectivity index is 2.14. The van der Waals surface area contributed by atoms with E-state index in [0.717, 1.165) is 30.6 Å². The first-order chi connectivity index (χ1) is 9.13. The number of anilines is 1. The zero-order chi connectivity index (χ0) is 13.8. The van der Waals surface area contributed by atoms with Crippen molar-refractivity contribution in [2.45, 2.75) is 58.3 Å². The molecule has 19 heavy (non-hydrogen) atoms. The fourth-order valence-electron chi connectivity index (χ4n) is 2.63. The molecule has 1 fully saturated rings. The Morgan fingerprint density at radius 2 is 2.00 bits per heavy atom. The molecule has 0 saturated carbocycles. The number of nitrogens with zero attached hydrogens (tertiary/aromatic N) is 2. The Bertz CT molecular complexity index is 415. The van der Waals surface area contributed by atoms with Crippen LogP contribution in [0.5, 0.6) is 5.88 Å². The Hall–Kier alpha value is -1.36. The van der Waals surface area contributed by atoms with Crippen molar-refractivity contribution >= 4 is 5.82 Å². The summed E-state index contributed by atoms with van der Waals surface area (Å²) in [5.41, 5.74) is 1.04. The Morgan fingerprint density at radius 3 is 2.58 bits per heavy atom. The van der Waals surface area contributed by atoms with Crippen molar-refractivity contribution in [1.82, 2.24) is 9.97 Å². The molecular weight excluding hydrogens is 242 g/mol. The standard InChI is InChI=1S/C14H23N3O2/c1-5-12-13(15-4)16-8-17-14(12)19-11-6-9(2)18-10(3)7-11/h8-11H,5-7H2,1-4H3,(H,15,16,17). The van der Waals surface area contributed by atoms with Crippen molar-refractivity contribution in [3.05, 3.63) is 11.9 Å². The van der Waals surface area contributed by atoms with Gasteiger partial charge in [0.05, 0.1) is 17.8 Å². The van der Waals surface area contributed by atoms with Crippen LogP contribution in [-0.2, 0) is 11.2 Å². The number of hydrogen-bond acceptors (Lipinski definition) is 5. The molecule has 0 bridgehead atoms. The molecule has 5 nitrogen and oxygen atoms in total. The maximum absolute atomic E-state index is 6.09. The van der Waals surface area contributed by atoms with Crippen molar-refractivity contribution in [2.75, 3.05) is 12.4 Å². The maximum atomic E-state index is 6.09. The van der Waals surface area contributed by atoms with Gasteiger partial charge >= 0.3 is 0 Å². The van der Waals surface area contributed by atoms with E-state index in [9.17, 15) is 0 Å². The van der Waals surface area contributed by atoms with Gasteiger partial charge in [0.25, 0.3) is 0 Å². The van der Waals surface area contributed by atoms with Crippen molar-refractivity contribution in [1.29, 1.82) is 0 Å². The topological polar surface area (TPSA) is 56.3 Å². The van der Waals surface area contributed by atoms with Crippen LogP contribution >= 0.6 is 0 Å². The monoisotopic (exact) mass is 265 g/mol. The molecule has 1 aromatic heterocycles. The molecule has 1 aliphatic heterocycles. The molecule has 2 rings (SSSR count). The number of rotatable bonds is 4. The molecule has 1 N–H and O–H groups in total. The van der Waals surface area contributed by atoms with Crippen LogP contribution in [0.2, 0.25) is 0 Å². The fraction of sp³-hybridized carbons (Fsp3) is 0.714. The fourth-order valence-corrected chi connectivity index (χ4v) is 2.63. The first-order valence-corrected chi connectivity index (χ1v) is 6.97. The highest BCUT2D eigenvalue weighted by Gasteiger charge is 2.27. The van der Waals surface area contributed by atoms with Crippen LogP contribution < -0.4 is 10.1 Å². The average Bonchev–Trinajstić information content (AvgIpc) is 2.37. The van der Waals surface area contributed by atoms with E-state index in [0.29, 0.717) is 5.88 Å². The molecule has 0 spiro atoms. The van der Waals surface area contributed by atoms with Crippen LogP contribution in [0.4, 0.5) is 5.82 Å². The largest absolute Gasteiger partial charge is 0.474 e. The van der Waals surface area contributed by atoms with Crippen molar-refractivity contribution < 1.29 is 9.47 Å². The maximum Gasteiger partial charge on any atom is 0.222 e. The molecule has 2 heterocycles. The first kappa shape index (κ1) is 14.1. The van der Waals surface area contributed by atoms with E-state index in [1.807, 2.05) is 7.05 Å². The van der Waals surface area contributed by atoms with Gasteiger partial charge < -0.3 is 14.8 Å². The highest BCUT2D eigenvalue weighted by molar-refractivity contribution is 5.48. The second kappa shape index (κ2) is 6.19. The number of ether oxygens (including phenoxy) is 2. The van der Waals surface area contributed by atoms with Crippen molar-refractivity contribution in [2.24, 2.45) is 0 Å². The Morgan fingerprint density at radius 1 is 1.32 bits per heavy atom. The van der Waals surface area contributed by atoms with E-state index in [1.165, 1.54) is 0 Å². The summed E-state index contributed by atoms with van der Waals surface area (Å²) < 4.78 is 11.8. The molecule has 2 atom stereocenters. The highest BCUT2D eigenvalue weighted by Crippen LogP contribution is 2.27. The van der Waals surface area contributed by atoms with E-state index in [2.05, 4.69) is 36.1 Å². The van der Waals surface area contributed by atoms with Crippen molar-refractivity contribution in [3.63, 3.8) is 0 Å². The second-order valence-corrected chi connectivity index (χ2v) is 5.08. The highest BCUT2D eigenvalue weighted by atomic mass is 16.5. The number of nitrogens with one attached hydrogen (secondary N) is 1. The van der Waals surface area contributed by atoms with Gasteiger partial charge in [-0.25, -0.2) is 9.97 Å². The molecule has 106 valence electrons. The van der Waals surface area contributed by atoms with Gasteiger partial charge in [-0.15, -0.1) is 0 Å². The minimum absolute atomic E-state index is 0.170. The summed E-state index contributed by atoms with van der Waals surface area (Å²) in [5.74, 6) is 1.55. The third-order valence-electron chi connectivity index (χ3n) is 3.43. The van der Waals surface area contributed by atoms with E-state index in [-0.39, 0.29) is 18.3 Å². The summed E-state index contributed by atoms with van der Waals surface area (Å²) in [6, 6.07) is 0. The second-order valence-electron chi connectivity index (χ2n) is 5.08. The average molecular weight is 265 g/mol. The summed E-state index contributed by atoms with van der Waals surface area (Å²) in [7, 11) is 1.86. The SMILES string of the molecule is CCc1c(NC)ncnc1OC1CC(C)OC(C)C1. The molecule has 0 amide bonds. The zero-order valence-corrected chi connectivity index (χ0v) is 12.1. The summed E-state index contributed by atoms with van der Waals surface area (Å²) in [5, 5.41) is 3.09. The van der Waals surface area contributed by atoms with E-state index in [4.69, 9.17) is 9.47 Å². The van der Waals surface area contributed by atoms with Gasteiger partial charge in [-0.3, -0.25) is 0 Å². The van der Waals surface area contributed by atoms with E-state index in [1.54, 1.807) is 6.33 Å². The van der Waals surface area contributed by atoms with Crippen LogP contribution in [0.3, 0.4) is 0 Å². The van der Waals surface area contributed by atoms with Crippen LogP contribution in [-0.4, -0.2) is 35.3 Å². The first-order valence-electron chi connectivity index (χ1n) is 6.97. The summed E-state index contributed by atoms with van der Waals surface area (Å²) in [4.78, 5) is 8.51. The third kappa shape index (κ3) is 3.35. The summed E-state index contributed by atoms with van der Waals surface area (Å²) >= 11 is 0. The predicted octanol–water partition coefficient (Wildman–Crippen LogP) is 2.42. The molecule has 1 aromatic rings. The lowest BCUT2D eigenvalue weighted by Crippen LogP contribution is -2.36. The van der Waals surface area contributed by atoms with E-state index < -0.39 is 0 Å². The Labute approximate surface area is 114 Å². The number of hydrogen-bond donors (Lipinski definition) is 1. The molecule has 2 unspecified atom stereocenters. The lowest BCUT2D eigenvalue weighted by Gasteiger charge is -2.32.